The summed E-state index contributed by atoms with van der Waals surface area (Å²) in [6.07, 6.45) is 5.31. The lowest BCUT2D eigenvalue weighted by Crippen LogP contribution is -2.32. The number of nitrogens with zero attached hydrogens (tertiary/aromatic N) is 3. The summed E-state index contributed by atoms with van der Waals surface area (Å²) in [6.45, 7) is 9.23. The average molecular weight is 607 g/mol. The average Bonchev–Trinajstić information content (AvgIpc) is 3.42. The molecule has 10 heteroatoms. The first-order chi connectivity index (χ1) is 20.9. The molecule has 4 rings (SSSR count). The zero-order valence-electron chi connectivity index (χ0n) is 25.9. The van der Waals surface area contributed by atoms with Gasteiger partial charge in [-0.25, -0.2) is 9.97 Å². The van der Waals surface area contributed by atoms with Crippen molar-refractivity contribution in [1.29, 1.82) is 0 Å². The van der Waals surface area contributed by atoms with Crippen molar-refractivity contribution in [1.82, 2.24) is 14.9 Å². The lowest BCUT2D eigenvalue weighted by Gasteiger charge is -2.28. The molecule has 44 heavy (non-hydrogen) atoms. The van der Waals surface area contributed by atoms with Crippen LogP contribution in [0.2, 0.25) is 0 Å². The highest BCUT2D eigenvalue weighted by atomic mass is 19.4. The van der Waals surface area contributed by atoms with Gasteiger partial charge in [0.15, 0.2) is 5.78 Å². The smallest absolute Gasteiger partial charge is 0.399 e. The van der Waals surface area contributed by atoms with Crippen molar-refractivity contribution in [3.8, 4) is 0 Å². The number of nitrogens with one attached hydrogen (secondary N) is 2. The van der Waals surface area contributed by atoms with Crippen LogP contribution in [0.5, 0.6) is 0 Å². The minimum Gasteiger partial charge on any atom is -0.399 e. The van der Waals surface area contributed by atoms with Crippen molar-refractivity contribution in [3.05, 3.63) is 94.3 Å². The van der Waals surface area contributed by atoms with Gasteiger partial charge in [0.1, 0.15) is 0 Å². The molecule has 7 nitrogen and oxygen atoms in total. The Morgan fingerprint density at radius 3 is 2.59 bits per heavy atom. The number of aromatic nitrogens is 2. The Kier molecular flexibility index (Phi) is 10.5. The van der Waals surface area contributed by atoms with Gasteiger partial charge in [-0.05, 0) is 86.2 Å². The molecule has 0 aliphatic carbocycles. The summed E-state index contributed by atoms with van der Waals surface area (Å²) in [5, 5.41) is 6.07. The Bertz CT molecular complexity index is 1550. The standard InChI is InChI=1S/C34H41F3N6O/c1-6-8-28(13-21(3)9-12-32(44)23-10-11-30(39-5)22(4)14-23)43-19-25-18-40-33(42-31(25)20-43)41-27-16-24(29(38)7-2)15-26(17-27)34(35,36)37/h7,9-12,14-18,21,28,39H,6,8,13,19-20,38H2,1-5H3,(H,40,41,42)/b12-9+,29-7-/t21-,28+/m0/s1. The van der Waals surface area contributed by atoms with Crippen molar-refractivity contribution in [2.24, 2.45) is 11.7 Å². The second-order valence-corrected chi connectivity index (χ2v) is 11.4. The predicted molar refractivity (Wildman–Crippen MR) is 171 cm³/mol. The molecule has 0 bridgehead atoms. The van der Waals surface area contributed by atoms with Crippen LogP contribution in [-0.4, -0.2) is 33.7 Å². The van der Waals surface area contributed by atoms with Crippen molar-refractivity contribution < 1.29 is 18.0 Å². The molecule has 1 aliphatic rings. The molecule has 0 saturated heterocycles. The summed E-state index contributed by atoms with van der Waals surface area (Å²) >= 11 is 0. The number of ketones is 1. The van der Waals surface area contributed by atoms with Gasteiger partial charge in [-0.1, -0.05) is 32.4 Å². The quantitative estimate of drug-likeness (QED) is 0.143. The molecule has 1 aliphatic heterocycles. The van der Waals surface area contributed by atoms with Crippen LogP contribution in [-0.2, 0) is 19.3 Å². The van der Waals surface area contributed by atoms with Crippen LogP contribution in [0.25, 0.3) is 5.70 Å². The van der Waals surface area contributed by atoms with Gasteiger partial charge in [0, 0.05) is 60.6 Å². The lowest BCUT2D eigenvalue weighted by atomic mass is 9.96. The van der Waals surface area contributed by atoms with E-state index in [0.717, 1.165) is 53.9 Å². The fourth-order valence-electron chi connectivity index (χ4n) is 5.56. The Labute approximate surface area is 257 Å². The molecule has 0 amide bonds. The Balaban J connectivity index is 1.44. The third-order valence-electron chi connectivity index (χ3n) is 7.98. The first-order valence-corrected chi connectivity index (χ1v) is 14.9. The van der Waals surface area contributed by atoms with Crippen molar-refractivity contribution >= 4 is 28.8 Å². The van der Waals surface area contributed by atoms with E-state index < -0.39 is 11.7 Å². The molecule has 2 heterocycles. The number of fused-ring (bicyclic) bond motifs is 1. The first-order valence-electron chi connectivity index (χ1n) is 14.9. The molecule has 2 aromatic carbocycles. The summed E-state index contributed by atoms with van der Waals surface area (Å²) < 4.78 is 40.7. The summed E-state index contributed by atoms with van der Waals surface area (Å²) in [5.74, 6) is 0.398. The van der Waals surface area contributed by atoms with Gasteiger partial charge in [0.2, 0.25) is 5.95 Å². The van der Waals surface area contributed by atoms with Crippen LogP contribution in [0.1, 0.15) is 78.3 Å². The summed E-state index contributed by atoms with van der Waals surface area (Å²) in [4.78, 5) is 24.2. The van der Waals surface area contributed by atoms with Gasteiger partial charge in [-0.15, -0.1) is 0 Å². The second kappa shape index (κ2) is 14.1. The van der Waals surface area contributed by atoms with E-state index in [1.165, 1.54) is 0 Å². The number of halogens is 3. The third kappa shape index (κ3) is 8.05. The fraction of sp³-hybridized carbons (Fsp3) is 0.382. The molecule has 0 unspecified atom stereocenters. The van der Waals surface area contributed by atoms with Crippen molar-refractivity contribution in [3.63, 3.8) is 0 Å². The van der Waals surface area contributed by atoms with Gasteiger partial charge >= 0.3 is 6.18 Å². The maximum atomic E-state index is 13.6. The SMILES string of the molecule is C/C=C(\N)c1cc(Nc2ncc3c(n2)CN([C@H](CCC)C[C@@H](C)/C=C/C(=O)c2ccc(NC)c(C)c2)C3)cc(C(F)(F)F)c1. The van der Waals surface area contributed by atoms with Crippen LogP contribution in [0.3, 0.4) is 0 Å². The monoisotopic (exact) mass is 606 g/mol. The maximum Gasteiger partial charge on any atom is 0.416 e. The molecule has 0 saturated carbocycles. The zero-order valence-corrected chi connectivity index (χ0v) is 25.9. The van der Waals surface area contributed by atoms with Gasteiger partial charge < -0.3 is 16.4 Å². The minimum atomic E-state index is -4.52. The van der Waals surface area contributed by atoms with Crippen LogP contribution in [0.15, 0.2) is 60.8 Å². The van der Waals surface area contributed by atoms with Gasteiger partial charge in [-0.3, -0.25) is 9.69 Å². The fourth-order valence-corrected chi connectivity index (χ4v) is 5.56. The molecule has 0 fully saturated rings. The highest BCUT2D eigenvalue weighted by Gasteiger charge is 2.32. The van der Waals surface area contributed by atoms with E-state index in [2.05, 4.69) is 39.3 Å². The van der Waals surface area contributed by atoms with Crippen LogP contribution in [0.4, 0.5) is 30.5 Å². The second-order valence-electron chi connectivity index (χ2n) is 11.4. The number of carbonyl (C=O) groups is 1. The topological polar surface area (TPSA) is 96.2 Å². The van der Waals surface area contributed by atoms with E-state index in [1.54, 1.807) is 31.3 Å². The number of hydrogen-bond acceptors (Lipinski definition) is 7. The van der Waals surface area contributed by atoms with Crippen molar-refractivity contribution in [2.45, 2.75) is 72.3 Å². The number of allylic oxidation sites excluding steroid dienone is 3. The highest BCUT2D eigenvalue weighted by molar-refractivity contribution is 6.04. The molecule has 0 spiro atoms. The lowest BCUT2D eigenvalue weighted by molar-refractivity contribution is -0.137. The molecule has 2 atom stereocenters. The normalized spacial score (nSPS) is 15.3. The Morgan fingerprint density at radius 1 is 1.16 bits per heavy atom. The molecule has 4 N–H and O–H groups in total. The van der Waals surface area contributed by atoms with E-state index >= 15 is 0 Å². The number of hydrogen-bond donors (Lipinski definition) is 3. The number of benzene rings is 2. The number of carbonyl (C=O) groups excluding carboxylic acids is 1. The maximum absolute atomic E-state index is 13.6. The van der Waals surface area contributed by atoms with E-state index in [0.29, 0.717) is 18.7 Å². The van der Waals surface area contributed by atoms with E-state index in [9.17, 15) is 18.0 Å². The Hall–Kier alpha value is -4.18. The van der Waals surface area contributed by atoms with Crippen LogP contribution in [0, 0.1) is 12.8 Å². The van der Waals surface area contributed by atoms with E-state index in [1.807, 2.05) is 38.2 Å². The molecule has 1 aromatic heterocycles. The summed E-state index contributed by atoms with van der Waals surface area (Å²) in [5.41, 5.74) is 10.4. The molecule has 234 valence electrons. The number of nitrogens with two attached hydrogens (primary N) is 1. The minimum absolute atomic E-state index is 0.0141. The van der Waals surface area contributed by atoms with Gasteiger partial charge in [-0.2, -0.15) is 13.2 Å². The van der Waals surface area contributed by atoms with Gasteiger partial charge in [0.05, 0.1) is 11.3 Å². The van der Waals surface area contributed by atoms with Crippen LogP contribution >= 0.6 is 0 Å². The summed E-state index contributed by atoms with van der Waals surface area (Å²) in [6, 6.07) is 9.55. The largest absolute Gasteiger partial charge is 0.416 e. The molecular weight excluding hydrogens is 565 g/mol. The first kappa shape index (κ1) is 32.7. The number of rotatable bonds is 12. The van der Waals surface area contributed by atoms with Crippen LogP contribution < -0.4 is 16.4 Å². The van der Waals surface area contributed by atoms with Crippen molar-refractivity contribution in [2.75, 3.05) is 17.7 Å². The molecule has 3 aromatic rings. The van der Waals surface area contributed by atoms with E-state index in [-0.39, 0.29) is 40.6 Å². The third-order valence-corrected chi connectivity index (χ3v) is 7.98. The number of alkyl halides is 3. The Morgan fingerprint density at radius 2 is 1.93 bits per heavy atom. The predicted octanol–water partition coefficient (Wildman–Crippen LogP) is 7.86. The zero-order chi connectivity index (χ0) is 32.0. The van der Waals surface area contributed by atoms with Gasteiger partial charge in [0.25, 0.3) is 0 Å². The summed E-state index contributed by atoms with van der Waals surface area (Å²) in [7, 11) is 1.86. The molecule has 0 radical (unpaired) electrons. The number of aryl methyl sites for hydroxylation is 1. The molecular formula is C34H41F3N6O. The highest BCUT2D eigenvalue weighted by Crippen LogP contribution is 2.34. The van der Waals surface area contributed by atoms with E-state index in [4.69, 9.17) is 5.73 Å². The number of anilines is 3.